The second-order valence-electron chi connectivity index (χ2n) is 3.15. The van der Waals surface area contributed by atoms with Gasteiger partial charge in [0, 0.05) is 19.9 Å². The van der Waals surface area contributed by atoms with Crippen molar-refractivity contribution in [1.82, 2.24) is 10.3 Å². The van der Waals surface area contributed by atoms with E-state index in [9.17, 15) is 4.79 Å². The molecule has 5 heteroatoms. The predicted octanol–water partition coefficient (Wildman–Crippen LogP) is 0.509. The van der Waals surface area contributed by atoms with Gasteiger partial charge < -0.3 is 14.8 Å². The zero-order valence-electron chi connectivity index (χ0n) is 9.53. The van der Waals surface area contributed by atoms with Crippen LogP contribution in [-0.2, 0) is 4.74 Å². The van der Waals surface area contributed by atoms with Crippen molar-refractivity contribution < 1.29 is 14.3 Å². The number of carbonyl (C=O) groups is 1. The van der Waals surface area contributed by atoms with Gasteiger partial charge in [-0.2, -0.15) is 0 Å². The number of ether oxygens (including phenoxy) is 2. The number of nitrogens with one attached hydrogen (secondary N) is 1. The van der Waals surface area contributed by atoms with E-state index in [1.54, 1.807) is 25.4 Å². The first kappa shape index (κ1) is 12.6. The number of nitrogens with zero attached hydrogens (tertiary/aromatic N) is 1. The van der Waals surface area contributed by atoms with Crippen LogP contribution in [0, 0.1) is 0 Å². The minimum Gasteiger partial charge on any atom is -0.494 e. The van der Waals surface area contributed by atoms with Crippen LogP contribution in [0.2, 0.25) is 0 Å². The summed E-state index contributed by atoms with van der Waals surface area (Å²) in [6, 6.07) is 3.45. The quantitative estimate of drug-likeness (QED) is 0.540. The van der Waals surface area contributed by atoms with Gasteiger partial charge >= 0.3 is 0 Å². The summed E-state index contributed by atoms with van der Waals surface area (Å²) in [4.78, 5) is 15.7. The van der Waals surface area contributed by atoms with Crippen LogP contribution in [0.25, 0.3) is 0 Å². The van der Waals surface area contributed by atoms with Crippen molar-refractivity contribution in [3.63, 3.8) is 0 Å². The number of hydrogen-bond acceptors (Lipinski definition) is 5. The molecule has 0 saturated heterocycles. The van der Waals surface area contributed by atoms with Gasteiger partial charge in [0.1, 0.15) is 11.4 Å². The van der Waals surface area contributed by atoms with Crippen molar-refractivity contribution in [2.45, 2.75) is 0 Å². The third-order valence-corrected chi connectivity index (χ3v) is 2.02. The number of methoxy groups -OCH3 is 2. The van der Waals surface area contributed by atoms with Crippen LogP contribution in [0.15, 0.2) is 18.3 Å². The number of ketones is 1. The van der Waals surface area contributed by atoms with Gasteiger partial charge in [-0.15, -0.1) is 0 Å². The van der Waals surface area contributed by atoms with Gasteiger partial charge in [0.15, 0.2) is 5.78 Å². The Hall–Kier alpha value is -1.46. The molecule has 0 atom stereocenters. The average Bonchev–Trinajstić information content (AvgIpc) is 2.34. The molecular formula is C11H16N2O3. The lowest BCUT2D eigenvalue weighted by molar-refractivity contribution is 0.0979. The van der Waals surface area contributed by atoms with Gasteiger partial charge in [-0.3, -0.25) is 4.79 Å². The Morgan fingerprint density at radius 3 is 3.00 bits per heavy atom. The smallest absolute Gasteiger partial charge is 0.198 e. The molecular weight excluding hydrogens is 208 g/mol. The Bertz CT molecular complexity index is 342. The van der Waals surface area contributed by atoms with Crippen molar-refractivity contribution >= 4 is 5.78 Å². The molecule has 0 aliphatic heterocycles. The van der Waals surface area contributed by atoms with E-state index in [1.165, 1.54) is 7.11 Å². The number of carbonyl (C=O) groups excluding carboxylic acids is 1. The van der Waals surface area contributed by atoms with E-state index in [4.69, 9.17) is 9.47 Å². The highest BCUT2D eigenvalue weighted by Crippen LogP contribution is 2.14. The Morgan fingerprint density at radius 2 is 2.31 bits per heavy atom. The standard InChI is InChI=1S/C11H16N2O3/c1-15-7-6-12-8-9(14)11-10(16-2)4-3-5-13-11/h3-5,12H,6-8H2,1-2H3. The molecule has 0 aliphatic carbocycles. The first-order chi connectivity index (χ1) is 7.79. The van der Waals surface area contributed by atoms with E-state index in [-0.39, 0.29) is 12.3 Å². The Kier molecular flexibility index (Phi) is 5.45. The van der Waals surface area contributed by atoms with E-state index in [1.807, 2.05) is 0 Å². The molecule has 0 amide bonds. The third-order valence-electron chi connectivity index (χ3n) is 2.02. The fraction of sp³-hybridized carbons (Fsp3) is 0.455. The number of aromatic nitrogens is 1. The zero-order valence-corrected chi connectivity index (χ0v) is 9.53. The minimum atomic E-state index is -0.0893. The maximum absolute atomic E-state index is 11.7. The zero-order chi connectivity index (χ0) is 11.8. The van der Waals surface area contributed by atoms with Gasteiger partial charge in [-0.05, 0) is 12.1 Å². The molecule has 1 heterocycles. The summed E-state index contributed by atoms with van der Waals surface area (Å²) in [6.07, 6.45) is 1.57. The molecule has 1 aromatic rings. The molecule has 88 valence electrons. The molecule has 0 radical (unpaired) electrons. The number of pyridine rings is 1. The van der Waals surface area contributed by atoms with Gasteiger partial charge in [-0.1, -0.05) is 0 Å². The van der Waals surface area contributed by atoms with Crippen molar-refractivity contribution in [2.75, 3.05) is 33.9 Å². The maximum Gasteiger partial charge on any atom is 0.198 e. The van der Waals surface area contributed by atoms with Crippen molar-refractivity contribution in [1.29, 1.82) is 0 Å². The van der Waals surface area contributed by atoms with Crippen molar-refractivity contribution in [3.05, 3.63) is 24.0 Å². The molecule has 5 nitrogen and oxygen atoms in total. The first-order valence-electron chi connectivity index (χ1n) is 5.01. The molecule has 0 saturated carbocycles. The molecule has 0 fully saturated rings. The van der Waals surface area contributed by atoms with Crippen LogP contribution < -0.4 is 10.1 Å². The summed E-state index contributed by atoms with van der Waals surface area (Å²) in [5, 5.41) is 2.97. The summed E-state index contributed by atoms with van der Waals surface area (Å²) >= 11 is 0. The van der Waals surface area contributed by atoms with E-state index in [2.05, 4.69) is 10.3 Å². The number of rotatable bonds is 7. The molecule has 0 spiro atoms. The highest BCUT2D eigenvalue weighted by Gasteiger charge is 2.12. The van der Waals surface area contributed by atoms with Crippen LogP contribution in [-0.4, -0.2) is 44.7 Å². The van der Waals surface area contributed by atoms with Crippen LogP contribution in [0.5, 0.6) is 5.75 Å². The predicted molar refractivity (Wildman–Crippen MR) is 59.9 cm³/mol. The molecule has 0 aromatic carbocycles. The van der Waals surface area contributed by atoms with E-state index in [0.717, 1.165) is 0 Å². The summed E-state index contributed by atoms with van der Waals surface area (Å²) in [6.45, 7) is 1.45. The van der Waals surface area contributed by atoms with Gasteiger partial charge in [0.25, 0.3) is 0 Å². The van der Waals surface area contributed by atoms with Gasteiger partial charge in [0.05, 0.1) is 20.3 Å². The van der Waals surface area contributed by atoms with Crippen molar-refractivity contribution in [3.8, 4) is 5.75 Å². The van der Waals surface area contributed by atoms with Crippen LogP contribution in [0.3, 0.4) is 0 Å². The van der Waals surface area contributed by atoms with E-state index < -0.39 is 0 Å². The number of Topliss-reactive ketones (excluding diaryl/α,β-unsaturated/α-hetero) is 1. The highest BCUT2D eigenvalue weighted by molar-refractivity contribution is 5.98. The fourth-order valence-electron chi connectivity index (χ4n) is 1.22. The Labute approximate surface area is 94.8 Å². The second kappa shape index (κ2) is 6.92. The SMILES string of the molecule is COCCNCC(=O)c1ncccc1OC. The summed E-state index contributed by atoms with van der Waals surface area (Å²) < 4.78 is 9.92. The van der Waals surface area contributed by atoms with Gasteiger partial charge in [-0.25, -0.2) is 4.98 Å². The van der Waals surface area contributed by atoms with E-state index >= 15 is 0 Å². The Balaban J connectivity index is 2.52. The molecule has 0 bridgehead atoms. The van der Waals surface area contributed by atoms with Crippen molar-refractivity contribution in [2.24, 2.45) is 0 Å². The second-order valence-corrected chi connectivity index (χ2v) is 3.15. The lowest BCUT2D eigenvalue weighted by Crippen LogP contribution is -2.27. The van der Waals surface area contributed by atoms with Crippen LogP contribution in [0.4, 0.5) is 0 Å². The average molecular weight is 224 g/mol. The summed E-state index contributed by atoms with van der Waals surface area (Å²) in [7, 11) is 3.14. The van der Waals surface area contributed by atoms with Gasteiger partial charge in [0.2, 0.25) is 0 Å². The normalized spacial score (nSPS) is 10.1. The number of hydrogen-bond donors (Lipinski definition) is 1. The topological polar surface area (TPSA) is 60.5 Å². The van der Waals surface area contributed by atoms with E-state index in [0.29, 0.717) is 24.6 Å². The monoisotopic (exact) mass is 224 g/mol. The third kappa shape index (κ3) is 3.60. The van der Waals surface area contributed by atoms with Crippen LogP contribution >= 0.6 is 0 Å². The molecule has 16 heavy (non-hydrogen) atoms. The summed E-state index contributed by atoms with van der Waals surface area (Å²) in [5.41, 5.74) is 0.356. The maximum atomic E-state index is 11.7. The molecule has 1 N–H and O–H groups in total. The minimum absolute atomic E-state index is 0.0893. The lowest BCUT2D eigenvalue weighted by Gasteiger charge is -2.06. The molecule has 0 aliphatic rings. The lowest BCUT2D eigenvalue weighted by atomic mass is 10.2. The first-order valence-corrected chi connectivity index (χ1v) is 5.01. The molecule has 1 rings (SSSR count). The van der Waals surface area contributed by atoms with Crippen LogP contribution in [0.1, 0.15) is 10.5 Å². The fourth-order valence-corrected chi connectivity index (χ4v) is 1.22. The largest absolute Gasteiger partial charge is 0.494 e. The molecule has 0 unspecified atom stereocenters. The highest BCUT2D eigenvalue weighted by atomic mass is 16.5. The molecule has 1 aromatic heterocycles. The summed E-state index contributed by atoms with van der Waals surface area (Å²) in [5.74, 6) is 0.412. The Morgan fingerprint density at radius 1 is 1.50 bits per heavy atom.